The van der Waals surface area contributed by atoms with Gasteiger partial charge in [-0.15, -0.1) is 5.06 Å². The van der Waals surface area contributed by atoms with Gasteiger partial charge in [0.05, 0.1) is 5.56 Å². The van der Waals surface area contributed by atoms with E-state index in [0.29, 0.717) is 0 Å². The Kier molecular flexibility index (Phi) is 3.57. The Morgan fingerprint density at radius 1 is 1.06 bits per heavy atom. The van der Waals surface area contributed by atoms with Crippen molar-refractivity contribution in [2.45, 2.75) is 25.4 Å². The van der Waals surface area contributed by atoms with E-state index in [0.717, 1.165) is 44.5 Å². The molecule has 0 bridgehead atoms. The van der Waals surface area contributed by atoms with E-state index in [1.807, 2.05) is 0 Å². The number of benzene rings is 1. The molecule has 0 N–H and O–H groups in total. The minimum Gasteiger partial charge on any atom is -0.406 e. The number of rotatable bonds is 2. The highest BCUT2D eigenvalue weighted by Crippen LogP contribution is 2.31. The topological polar surface area (TPSA) is 12.5 Å². The summed E-state index contributed by atoms with van der Waals surface area (Å²) in [6, 6.07) is 4.99. The van der Waals surface area contributed by atoms with E-state index >= 15 is 0 Å². The van der Waals surface area contributed by atoms with E-state index in [1.54, 1.807) is 11.1 Å². The van der Waals surface area contributed by atoms with Crippen LogP contribution in [0.25, 0.3) is 0 Å². The third-order valence-corrected chi connectivity index (χ3v) is 2.71. The smallest absolute Gasteiger partial charge is 0.406 e. The number of hydrogen-bond donors (Lipinski definition) is 0. The first-order valence-corrected chi connectivity index (χ1v) is 5.66. The van der Waals surface area contributed by atoms with E-state index < -0.39 is 11.7 Å². The fourth-order valence-corrected chi connectivity index (χ4v) is 1.83. The number of halogens is 3. The second kappa shape index (κ2) is 4.96. The molecular formula is C12H14F3NO. The molecule has 1 heterocycles. The Labute approximate surface area is 97.9 Å². The molecule has 5 heteroatoms. The highest BCUT2D eigenvalue weighted by molar-refractivity contribution is 5.30. The molecule has 17 heavy (non-hydrogen) atoms. The van der Waals surface area contributed by atoms with E-state index in [-0.39, 0.29) is 5.75 Å². The van der Waals surface area contributed by atoms with Crippen LogP contribution in [0.5, 0.6) is 5.75 Å². The van der Waals surface area contributed by atoms with Gasteiger partial charge < -0.3 is 4.84 Å². The Morgan fingerprint density at radius 2 is 1.76 bits per heavy atom. The summed E-state index contributed by atoms with van der Waals surface area (Å²) < 4.78 is 37.4. The minimum absolute atomic E-state index is 0.252. The number of piperidine rings is 1. The Morgan fingerprint density at radius 3 is 2.41 bits per heavy atom. The van der Waals surface area contributed by atoms with Crippen LogP contribution in [0.3, 0.4) is 0 Å². The molecule has 1 aromatic rings. The van der Waals surface area contributed by atoms with Gasteiger partial charge in [0.25, 0.3) is 0 Å². The zero-order chi connectivity index (χ0) is 12.3. The average Bonchev–Trinajstić information content (AvgIpc) is 2.29. The quantitative estimate of drug-likeness (QED) is 0.790. The third kappa shape index (κ3) is 3.36. The maximum atomic E-state index is 12.5. The zero-order valence-electron chi connectivity index (χ0n) is 9.33. The molecule has 2 nitrogen and oxygen atoms in total. The van der Waals surface area contributed by atoms with Crippen molar-refractivity contribution in [1.82, 2.24) is 5.06 Å². The van der Waals surface area contributed by atoms with Crippen molar-refractivity contribution in [1.29, 1.82) is 0 Å². The van der Waals surface area contributed by atoms with Crippen LogP contribution in [-0.4, -0.2) is 18.2 Å². The Balaban J connectivity index is 2.05. The lowest BCUT2D eigenvalue weighted by molar-refractivity contribution is -0.138. The SMILES string of the molecule is FC(F)(F)c1cccc(ON2CCCCC2)c1. The van der Waals surface area contributed by atoms with Gasteiger partial charge in [-0.2, -0.15) is 13.2 Å². The maximum Gasteiger partial charge on any atom is 0.416 e. The van der Waals surface area contributed by atoms with Crippen LogP contribution in [-0.2, 0) is 6.18 Å². The maximum absolute atomic E-state index is 12.5. The molecule has 1 aliphatic rings. The Bertz CT molecular complexity index is 372. The average molecular weight is 245 g/mol. The molecule has 0 aliphatic carbocycles. The molecule has 0 unspecified atom stereocenters. The predicted octanol–water partition coefficient (Wildman–Crippen LogP) is 3.49. The Hall–Kier alpha value is -1.23. The highest BCUT2D eigenvalue weighted by atomic mass is 19.4. The van der Waals surface area contributed by atoms with Crippen molar-refractivity contribution < 1.29 is 18.0 Å². The van der Waals surface area contributed by atoms with E-state index in [2.05, 4.69) is 0 Å². The first-order valence-electron chi connectivity index (χ1n) is 5.66. The molecule has 1 aliphatic heterocycles. The van der Waals surface area contributed by atoms with Crippen LogP contribution in [0.15, 0.2) is 24.3 Å². The standard InChI is InChI=1S/C12H14F3NO/c13-12(14,15)10-5-4-6-11(9-10)17-16-7-2-1-3-8-16/h4-6,9H,1-3,7-8H2. The van der Waals surface area contributed by atoms with Crippen LogP contribution in [0.4, 0.5) is 13.2 Å². The summed E-state index contributed by atoms with van der Waals surface area (Å²) in [6.07, 6.45) is -1.11. The summed E-state index contributed by atoms with van der Waals surface area (Å²) in [7, 11) is 0. The predicted molar refractivity (Wildman–Crippen MR) is 57.5 cm³/mol. The summed E-state index contributed by atoms with van der Waals surface area (Å²) in [5.74, 6) is 0.252. The minimum atomic E-state index is -4.32. The summed E-state index contributed by atoms with van der Waals surface area (Å²) in [5.41, 5.74) is -0.674. The molecule has 2 rings (SSSR count). The van der Waals surface area contributed by atoms with Crippen LogP contribution in [0, 0.1) is 0 Å². The first-order chi connectivity index (χ1) is 8.05. The lowest BCUT2D eigenvalue weighted by atomic mass is 10.2. The second-order valence-corrected chi connectivity index (χ2v) is 4.11. The molecule has 0 amide bonds. The van der Waals surface area contributed by atoms with Gasteiger partial charge in [-0.3, -0.25) is 0 Å². The first kappa shape index (κ1) is 12.2. The van der Waals surface area contributed by atoms with Crippen molar-refractivity contribution >= 4 is 0 Å². The molecule has 94 valence electrons. The number of nitrogens with zero attached hydrogens (tertiary/aromatic N) is 1. The van der Waals surface area contributed by atoms with Crippen molar-refractivity contribution in [2.75, 3.05) is 13.1 Å². The fourth-order valence-electron chi connectivity index (χ4n) is 1.83. The van der Waals surface area contributed by atoms with Crippen molar-refractivity contribution in [3.63, 3.8) is 0 Å². The van der Waals surface area contributed by atoms with E-state index in [1.165, 1.54) is 6.07 Å². The van der Waals surface area contributed by atoms with Crippen LogP contribution in [0.1, 0.15) is 24.8 Å². The van der Waals surface area contributed by atoms with Crippen LogP contribution < -0.4 is 4.84 Å². The van der Waals surface area contributed by atoms with Crippen molar-refractivity contribution in [3.05, 3.63) is 29.8 Å². The summed E-state index contributed by atoms with van der Waals surface area (Å²) in [6.45, 7) is 1.55. The van der Waals surface area contributed by atoms with E-state index in [4.69, 9.17) is 4.84 Å². The van der Waals surface area contributed by atoms with Crippen molar-refractivity contribution in [2.24, 2.45) is 0 Å². The summed E-state index contributed by atoms with van der Waals surface area (Å²) in [5, 5.41) is 1.72. The molecule has 0 aromatic heterocycles. The number of hydrogen-bond acceptors (Lipinski definition) is 2. The monoisotopic (exact) mass is 245 g/mol. The second-order valence-electron chi connectivity index (χ2n) is 4.11. The van der Waals surface area contributed by atoms with Gasteiger partial charge in [0, 0.05) is 13.1 Å². The van der Waals surface area contributed by atoms with Gasteiger partial charge in [-0.1, -0.05) is 12.5 Å². The normalized spacial score (nSPS) is 18.1. The van der Waals surface area contributed by atoms with Crippen LogP contribution in [0.2, 0.25) is 0 Å². The van der Waals surface area contributed by atoms with Gasteiger partial charge in [0.1, 0.15) is 5.75 Å². The number of hydroxylamine groups is 2. The van der Waals surface area contributed by atoms with Gasteiger partial charge in [-0.05, 0) is 31.0 Å². The highest BCUT2D eigenvalue weighted by Gasteiger charge is 2.30. The third-order valence-electron chi connectivity index (χ3n) is 2.71. The molecule has 0 atom stereocenters. The molecule has 0 spiro atoms. The fraction of sp³-hybridized carbons (Fsp3) is 0.500. The van der Waals surface area contributed by atoms with Gasteiger partial charge in [0.2, 0.25) is 0 Å². The molecule has 1 fully saturated rings. The lowest BCUT2D eigenvalue weighted by Gasteiger charge is -2.26. The van der Waals surface area contributed by atoms with E-state index in [9.17, 15) is 13.2 Å². The molecule has 1 saturated heterocycles. The molecule has 1 aromatic carbocycles. The largest absolute Gasteiger partial charge is 0.416 e. The van der Waals surface area contributed by atoms with Gasteiger partial charge >= 0.3 is 6.18 Å². The molecule has 0 radical (unpaired) electrons. The summed E-state index contributed by atoms with van der Waals surface area (Å²) in [4.78, 5) is 5.42. The zero-order valence-corrected chi connectivity index (χ0v) is 9.33. The van der Waals surface area contributed by atoms with Gasteiger partial charge in [0.15, 0.2) is 0 Å². The molecule has 0 saturated carbocycles. The number of alkyl halides is 3. The van der Waals surface area contributed by atoms with Crippen molar-refractivity contribution in [3.8, 4) is 5.75 Å². The summed E-state index contributed by atoms with van der Waals surface area (Å²) >= 11 is 0. The van der Waals surface area contributed by atoms with Gasteiger partial charge in [-0.25, -0.2) is 0 Å². The lowest BCUT2D eigenvalue weighted by Crippen LogP contribution is -2.32. The van der Waals surface area contributed by atoms with Crippen LogP contribution >= 0.6 is 0 Å². The molecular weight excluding hydrogens is 231 g/mol.